The van der Waals surface area contributed by atoms with E-state index in [1.165, 1.54) is 6.08 Å². The van der Waals surface area contributed by atoms with Gasteiger partial charge < -0.3 is 20.1 Å². The van der Waals surface area contributed by atoms with Gasteiger partial charge in [0, 0.05) is 24.7 Å². The van der Waals surface area contributed by atoms with Gasteiger partial charge in [0.25, 0.3) is 5.56 Å². The number of carbonyl (C=O) groups excluding carboxylic acids is 1. The molecule has 3 N–H and O–H groups in total. The number of nitrogen functional groups attached to an aromatic ring is 1. The maximum Gasteiger partial charge on any atom is 0.292 e. The second-order valence-corrected chi connectivity index (χ2v) is 7.57. The molecule has 3 heterocycles. The Morgan fingerprint density at radius 2 is 1.88 bits per heavy atom. The molecule has 10 heteroatoms. The maximum absolute atomic E-state index is 12.4. The Morgan fingerprint density at radius 3 is 2.48 bits per heavy atom. The predicted molar refractivity (Wildman–Crippen MR) is 123 cm³/mol. The number of nitrogens with zero attached hydrogens (tertiary/aromatic N) is 4. The number of piperidine rings is 1. The maximum atomic E-state index is 12.4. The van der Waals surface area contributed by atoms with Crippen LogP contribution in [0, 0.1) is 11.8 Å². The zero-order chi connectivity index (χ0) is 23.5. The molecule has 170 valence electrons. The van der Waals surface area contributed by atoms with Crippen molar-refractivity contribution in [3.8, 4) is 23.3 Å². The molecule has 2 aromatic heterocycles. The van der Waals surface area contributed by atoms with Gasteiger partial charge in [-0.1, -0.05) is 12.5 Å². The Kier molecular flexibility index (Phi) is 6.04. The van der Waals surface area contributed by atoms with Gasteiger partial charge in [-0.2, -0.15) is 10.2 Å². The van der Waals surface area contributed by atoms with Crippen LogP contribution in [0.4, 0.5) is 5.82 Å². The number of methoxy groups -OCH3 is 2. The van der Waals surface area contributed by atoms with Crippen molar-refractivity contribution in [2.75, 3.05) is 33.0 Å². The van der Waals surface area contributed by atoms with Crippen LogP contribution in [0.25, 0.3) is 10.9 Å². The highest BCUT2D eigenvalue weighted by atomic mass is 16.5. The summed E-state index contributed by atoms with van der Waals surface area (Å²) >= 11 is 0. The summed E-state index contributed by atoms with van der Waals surface area (Å²) in [6.07, 6.45) is 2.62. The van der Waals surface area contributed by atoms with E-state index in [0.29, 0.717) is 54.1 Å². The molecule has 1 amide bonds. The first-order valence-electron chi connectivity index (χ1n) is 10.4. The fourth-order valence-corrected chi connectivity index (χ4v) is 3.91. The van der Waals surface area contributed by atoms with E-state index in [1.807, 2.05) is 0 Å². The van der Waals surface area contributed by atoms with Crippen molar-refractivity contribution >= 4 is 22.6 Å². The third-order valence-electron chi connectivity index (χ3n) is 5.63. The van der Waals surface area contributed by atoms with E-state index in [2.05, 4.69) is 33.7 Å². The van der Waals surface area contributed by atoms with Crippen molar-refractivity contribution in [2.45, 2.75) is 18.9 Å². The highest BCUT2D eigenvalue weighted by Gasteiger charge is 2.27. The lowest BCUT2D eigenvalue weighted by molar-refractivity contribution is -0.127. The van der Waals surface area contributed by atoms with Crippen LogP contribution in [-0.4, -0.2) is 58.1 Å². The van der Waals surface area contributed by atoms with Gasteiger partial charge in [0.2, 0.25) is 5.91 Å². The van der Waals surface area contributed by atoms with Crippen molar-refractivity contribution in [2.24, 2.45) is 0 Å². The number of carbonyl (C=O) groups is 1. The number of aromatic nitrogens is 4. The highest BCUT2D eigenvalue weighted by molar-refractivity contribution is 5.92. The molecule has 1 saturated heterocycles. The molecule has 1 fully saturated rings. The first-order valence-corrected chi connectivity index (χ1v) is 10.4. The van der Waals surface area contributed by atoms with Gasteiger partial charge in [-0.3, -0.25) is 14.3 Å². The van der Waals surface area contributed by atoms with Crippen LogP contribution in [0.3, 0.4) is 0 Å². The predicted octanol–water partition coefficient (Wildman–Crippen LogP) is 1.47. The lowest BCUT2D eigenvalue weighted by Gasteiger charge is -2.31. The summed E-state index contributed by atoms with van der Waals surface area (Å²) in [5.74, 6) is 7.49. The lowest BCUT2D eigenvalue weighted by atomic mass is 10.0. The van der Waals surface area contributed by atoms with E-state index in [0.717, 1.165) is 0 Å². The number of hydrogen-bond donors (Lipinski definition) is 2. The molecule has 0 radical (unpaired) electrons. The third kappa shape index (κ3) is 4.25. The van der Waals surface area contributed by atoms with Crippen molar-refractivity contribution in [1.82, 2.24) is 24.9 Å². The first-order chi connectivity index (χ1) is 15.9. The topological polar surface area (TPSA) is 128 Å². The smallest absolute Gasteiger partial charge is 0.292 e. The standard InChI is InChI=1S/C23H24N6O4/c1-4-19(30)28-9-7-15(8-10-28)29-18(20-21(27-29)23(31)26-25-22(20)24)6-5-14-11-16(32-2)13-17(12-14)33-3/h4,11-13,15H,1,7-10H2,2-3H3,(H2,24,25)(H,26,31). The van der Waals surface area contributed by atoms with E-state index in [4.69, 9.17) is 15.2 Å². The van der Waals surface area contributed by atoms with Gasteiger partial charge in [-0.15, -0.1) is 0 Å². The van der Waals surface area contributed by atoms with E-state index < -0.39 is 5.56 Å². The van der Waals surface area contributed by atoms with Gasteiger partial charge in [0.05, 0.1) is 25.6 Å². The van der Waals surface area contributed by atoms with Crippen LogP contribution in [-0.2, 0) is 4.79 Å². The van der Waals surface area contributed by atoms with Crippen LogP contribution >= 0.6 is 0 Å². The van der Waals surface area contributed by atoms with E-state index in [9.17, 15) is 9.59 Å². The number of fused-ring (bicyclic) bond motifs is 1. The second-order valence-electron chi connectivity index (χ2n) is 7.57. The van der Waals surface area contributed by atoms with Crippen molar-refractivity contribution < 1.29 is 14.3 Å². The lowest BCUT2D eigenvalue weighted by Crippen LogP contribution is -2.38. The normalized spacial score (nSPS) is 13.9. The van der Waals surface area contributed by atoms with Crippen molar-refractivity contribution in [1.29, 1.82) is 0 Å². The SMILES string of the molecule is C=CC(=O)N1CCC(n2nc3c(=O)[nH]nc(N)c3c2C#Cc2cc(OC)cc(OC)c2)CC1. The van der Waals surface area contributed by atoms with Crippen LogP contribution < -0.4 is 20.8 Å². The molecule has 0 bridgehead atoms. The molecule has 0 saturated carbocycles. The van der Waals surface area contributed by atoms with Crippen LogP contribution in [0.2, 0.25) is 0 Å². The second kappa shape index (κ2) is 9.08. The summed E-state index contributed by atoms with van der Waals surface area (Å²) in [6.45, 7) is 4.65. The zero-order valence-corrected chi connectivity index (χ0v) is 18.4. The number of amides is 1. The fraction of sp³-hybridized carbons (Fsp3) is 0.304. The minimum Gasteiger partial charge on any atom is -0.497 e. The molecule has 0 aliphatic carbocycles. The number of likely N-dealkylation sites (tertiary alicyclic amines) is 1. The Labute approximate surface area is 190 Å². The molecule has 1 aliphatic heterocycles. The summed E-state index contributed by atoms with van der Waals surface area (Å²) in [7, 11) is 3.13. The van der Waals surface area contributed by atoms with Crippen LogP contribution in [0.15, 0.2) is 35.6 Å². The average Bonchev–Trinajstić information content (AvgIpc) is 3.25. The third-order valence-corrected chi connectivity index (χ3v) is 5.63. The number of nitrogens with two attached hydrogens (primary N) is 1. The van der Waals surface area contributed by atoms with Crippen LogP contribution in [0.5, 0.6) is 11.5 Å². The minimum absolute atomic E-state index is 0.0609. The van der Waals surface area contributed by atoms with Crippen molar-refractivity contribution in [3.05, 3.63) is 52.5 Å². The molecule has 4 rings (SSSR count). The zero-order valence-electron chi connectivity index (χ0n) is 18.4. The number of aromatic amines is 1. The van der Waals surface area contributed by atoms with Gasteiger partial charge >= 0.3 is 0 Å². The largest absolute Gasteiger partial charge is 0.497 e. The number of hydrogen-bond acceptors (Lipinski definition) is 7. The average molecular weight is 448 g/mol. The number of benzene rings is 1. The quantitative estimate of drug-likeness (QED) is 0.457. The Balaban J connectivity index is 1.79. The Bertz CT molecular complexity index is 1320. The van der Waals surface area contributed by atoms with Crippen LogP contribution in [0.1, 0.15) is 30.1 Å². The summed E-state index contributed by atoms with van der Waals surface area (Å²) in [5, 5.41) is 11.2. The monoisotopic (exact) mass is 448 g/mol. The number of nitrogens with one attached hydrogen (secondary N) is 1. The molecule has 33 heavy (non-hydrogen) atoms. The summed E-state index contributed by atoms with van der Waals surface area (Å²) in [6, 6.07) is 5.26. The molecule has 0 atom stereocenters. The number of rotatable bonds is 4. The van der Waals surface area contributed by atoms with Gasteiger partial charge in [-0.25, -0.2) is 5.10 Å². The fourth-order valence-electron chi connectivity index (χ4n) is 3.91. The number of H-pyrrole nitrogens is 1. The Morgan fingerprint density at radius 1 is 1.21 bits per heavy atom. The molecule has 0 spiro atoms. The van der Waals surface area contributed by atoms with Gasteiger partial charge in [-0.05, 0) is 37.0 Å². The van der Waals surface area contributed by atoms with E-state index >= 15 is 0 Å². The molecule has 3 aromatic rings. The van der Waals surface area contributed by atoms with Gasteiger partial charge in [0.15, 0.2) is 11.3 Å². The molecule has 1 aliphatic rings. The molecular weight excluding hydrogens is 424 g/mol. The number of ether oxygens (including phenoxy) is 2. The highest BCUT2D eigenvalue weighted by Crippen LogP contribution is 2.29. The summed E-state index contributed by atoms with van der Waals surface area (Å²) in [4.78, 5) is 26.1. The number of anilines is 1. The van der Waals surface area contributed by atoms with E-state index in [1.54, 1.807) is 42.0 Å². The molecule has 0 unspecified atom stereocenters. The van der Waals surface area contributed by atoms with E-state index in [-0.39, 0.29) is 23.3 Å². The molecule has 1 aromatic carbocycles. The Hall–Kier alpha value is -4.26. The van der Waals surface area contributed by atoms with Crippen molar-refractivity contribution in [3.63, 3.8) is 0 Å². The van der Waals surface area contributed by atoms with Gasteiger partial charge in [0.1, 0.15) is 17.2 Å². The molecular formula is C23H24N6O4. The molecule has 10 nitrogen and oxygen atoms in total. The summed E-state index contributed by atoms with van der Waals surface area (Å²) in [5.41, 5.74) is 7.00. The minimum atomic E-state index is -0.441. The summed E-state index contributed by atoms with van der Waals surface area (Å²) < 4.78 is 12.4. The first kappa shape index (κ1) is 22.0.